The molecule has 0 radical (unpaired) electrons. The predicted molar refractivity (Wildman–Crippen MR) is 95.6 cm³/mol. The van der Waals surface area contributed by atoms with E-state index in [1.807, 2.05) is 22.6 Å². The minimum Gasteiger partial charge on any atom is -0.390 e. The largest absolute Gasteiger partial charge is 0.397 e. The first-order valence-electron chi connectivity index (χ1n) is 8.13. The number of amides is 2. The van der Waals surface area contributed by atoms with Crippen molar-refractivity contribution in [2.75, 3.05) is 13.1 Å². The van der Waals surface area contributed by atoms with Crippen LogP contribution < -0.4 is 5.32 Å². The van der Waals surface area contributed by atoms with Crippen LogP contribution in [0.3, 0.4) is 0 Å². The Morgan fingerprint density at radius 3 is 2.65 bits per heavy atom. The zero-order chi connectivity index (χ0) is 19.3. The Bertz CT molecular complexity index is 743. The molecule has 1 aliphatic heterocycles. The van der Waals surface area contributed by atoms with Gasteiger partial charge in [0.05, 0.1) is 18.1 Å². The van der Waals surface area contributed by atoms with Crippen LogP contribution >= 0.6 is 22.6 Å². The van der Waals surface area contributed by atoms with Gasteiger partial charge >= 0.3 is 6.18 Å². The summed E-state index contributed by atoms with van der Waals surface area (Å²) in [7, 11) is 0. The minimum absolute atomic E-state index is 0.0154. The highest BCUT2D eigenvalue weighted by atomic mass is 127. The summed E-state index contributed by atoms with van der Waals surface area (Å²) in [6, 6.07) is 4.11. The summed E-state index contributed by atoms with van der Waals surface area (Å²) in [6.45, 7) is 0.636. The molecular formula is C17H18F3IN2O3. The highest BCUT2D eigenvalue weighted by Crippen LogP contribution is 2.40. The van der Waals surface area contributed by atoms with Crippen molar-refractivity contribution in [2.45, 2.75) is 43.5 Å². The maximum Gasteiger partial charge on any atom is 0.397 e. The van der Waals surface area contributed by atoms with E-state index in [-0.39, 0.29) is 17.2 Å². The second-order valence-corrected chi connectivity index (χ2v) is 8.43. The summed E-state index contributed by atoms with van der Waals surface area (Å²) in [5.41, 5.74) is -0.879. The van der Waals surface area contributed by atoms with Gasteiger partial charge in [-0.05, 0) is 66.1 Å². The standard InChI is InChI=1S/C17H18F3IN2O3/c1-16(26)5-10(6-16)22-14(24)8-23-7-13(17(18,19)20)12-4-9(21)2-3-11(12)15(23)25/h2-4,10,13,26H,5-8H2,1H3,(H,22,24)/t10?,13-,16?/m1/s1. The molecule has 26 heavy (non-hydrogen) atoms. The second-order valence-electron chi connectivity index (χ2n) is 7.18. The fourth-order valence-corrected chi connectivity index (χ4v) is 4.07. The Morgan fingerprint density at radius 2 is 2.08 bits per heavy atom. The van der Waals surface area contributed by atoms with Crippen LogP contribution in [0.1, 0.15) is 41.6 Å². The van der Waals surface area contributed by atoms with Gasteiger partial charge in [-0.3, -0.25) is 9.59 Å². The van der Waals surface area contributed by atoms with Crippen LogP contribution in [0.4, 0.5) is 13.2 Å². The molecule has 1 aromatic carbocycles. The lowest BCUT2D eigenvalue weighted by atomic mass is 9.77. The highest BCUT2D eigenvalue weighted by molar-refractivity contribution is 14.1. The Morgan fingerprint density at radius 1 is 1.42 bits per heavy atom. The maximum absolute atomic E-state index is 13.5. The number of carbonyl (C=O) groups is 2. The average Bonchev–Trinajstić information content (AvgIpc) is 2.46. The molecule has 1 saturated carbocycles. The smallest absolute Gasteiger partial charge is 0.390 e. The number of hydrogen-bond acceptors (Lipinski definition) is 3. The van der Waals surface area contributed by atoms with Crippen LogP contribution in [-0.2, 0) is 4.79 Å². The number of nitrogens with one attached hydrogen (secondary N) is 1. The molecule has 0 saturated heterocycles. The third-order valence-electron chi connectivity index (χ3n) is 4.78. The molecule has 0 aromatic heterocycles. The Balaban J connectivity index is 1.75. The van der Waals surface area contributed by atoms with Gasteiger partial charge in [-0.15, -0.1) is 0 Å². The van der Waals surface area contributed by atoms with Crippen molar-refractivity contribution in [2.24, 2.45) is 0 Å². The molecule has 0 unspecified atom stereocenters. The van der Waals surface area contributed by atoms with E-state index in [2.05, 4.69) is 5.32 Å². The SMILES string of the molecule is CC1(O)CC(NC(=O)CN2C[C@@H](C(F)(F)F)c3cc(I)ccc3C2=O)C1. The average molecular weight is 482 g/mol. The molecule has 1 heterocycles. The normalized spacial score (nSPS) is 28.4. The van der Waals surface area contributed by atoms with Crippen molar-refractivity contribution in [1.82, 2.24) is 10.2 Å². The molecular weight excluding hydrogens is 464 g/mol. The molecule has 2 N–H and O–H groups in total. The van der Waals surface area contributed by atoms with Crippen molar-refractivity contribution >= 4 is 34.4 Å². The Labute approximate surface area is 162 Å². The van der Waals surface area contributed by atoms with Crippen molar-refractivity contribution in [3.05, 3.63) is 32.9 Å². The van der Waals surface area contributed by atoms with Gasteiger partial charge in [-0.25, -0.2) is 0 Å². The number of halogens is 4. The molecule has 1 fully saturated rings. The molecule has 2 amide bonds. The van der Waals surface area contributed by atoms with Crippen LogP contribution in [0.25, 0.3) is 0 Å². The first kappa shape index (κ1) is 19.4. The van der Waals surface area contributed by atoms with Gasteiger partial charge in [0.25, 0.3) is 5.91 Å². The molecule has 1 aromatic rings. The number of carbonyl (C=O) groups excluding carboxylic acids is 2. The number of hydrogen-bond donors (Lipinski definition) is 2. The zero-order valence-corrected chi connectivity index (χ0v) is 16.1. The van der Waals surface area contributed by atoms with Crippen LogP contribution in [0, 0.1) is 3.57 Å². The maximum atomic E-state index is 13.5. The summed E-state index contributed by atoms with van der Waals surface area (Å²) in [4.78, 5) is 25.6. The summed E-state index contributed by atoms with van der Waals surface area (Å²) >= 11 is 1.91. The fraction of sp³-hybridized carbons (Fsp3) is 0.529. The van der Waals surface area contributed by atoms with Gasteiger partial charge in [-0.1, -0.05) is 0 Å². The van der Waals surface area contributed by atoms with Crippen molar-refractivity contribution in [1.29, 1.82) is 0 Å². The van der Waals surface area contributed by atoms with E-state index in [1.54, 1.807) is 13.0 Å². The van der Waals surface area contributed by atoms with Crippen molar-refractivity contribution in [3.8, 4) is 0 Å². The van der Waals surface area contributed by atoms with Crippen LogP contribution in [0.2, 0.25) is 0 Å². The number of aliphatic hydroxyl groups is 1. The molecule has 2 aliphatic rings. The Kier molecular flexibility index (Phi) is 4.97. The van der Waals surface area contributed by atoms with Crippen molar-refractivity contribution < 1.29 is 27.9 Å². The number of nitrogens with zero attached hydrogens (tertiary/aromatic N) is 1. The fourth-order valence-electron chi connectivity index (χ4n) is 3.56. The number of fused-ring (bicyclic) bond motifs is 1. The summed E-state index contributed by atoms with van der Waals surface area (Å²) in [5.74, 6) is -2.91. The van der Waals surface area contributed by atoms with Gasteiger partial charge in [0.2, 0.25) is 5.91 Å². The molecule has 9 heteroatoms. The van der Waals surface area contributed by atoms with Gasteiger partial charge in [0, 0.05) is 21.7 Å². The monoisotopic (exact) mass is 482 g/mol. The van der Waals surface area contributed by atoms with E-state index in [1.165, 1.54) is 12.1 Å². The van der Waals surface area contributed by atoms with E-state index in [0.717, 1.165) is 4.90 Å². The number of alkyl halides is 3. The summed E-state index contributed by atoms with van der Waals surface area (Å²) in [6.07, 6.45) is -3.74. The molecule has 1 atom stereocenters. The van der Waals surface area contributed by atoms with E-state index in [9.17, 15) is 27.9 Å². The highest BCUT2D eigenvalue weighted by Gasteiger charge is 2.47. The van der Waals surface area contributed by atoms with Crippen molar-refractivity contribution in [3.63, 3.8) is 0 Å². The quantitative estimate of drug-likeness (QED) is 0.651. The van der Waals surface area contributed by atoms with E-state index >= 15 is 0 Å². The molecule has 3 rings (SSSR count). The lowest BCUT2D eigenvalue weighted by Gasteiger charge is -2.41. The molecule has 0 bridgehead atoms. The van der Waals surface area contributed by atoms with Gasteiger partial charge in [0.15, 0.2) is 0 Å². The number of benzene rings is 1. The van der Waals surface area contributed by atoms with E-state index < -0.39 is 42.6 Å². The first-order valence-corrected chi connectivity index (χ1v) is 9.21. The minimum atomic E-state index is -4.51. The van der Waals surface area contributed by atoms with Gasteiger partial charge in [-0.2, -0.15) is 13.2 Å². The van der Waals surface area contributed by atoms with Crippen LogP contribution in [-0.4, -0.2) is 52.7 Å². The molecule has 1 aliphatic carbocycles. The van der Waals surface area contributed by atoms with E-state index in [0.29, 0.717) is 16.4 Å². The Hall–Kier alpha value is -1.36. The molecule has 0 spiro atoms. The van der Waals surface area contributed by atoms with E-state index in [4.69, 9.17) is 0 Å². The third kappa shape index (κ3) is 3.98. The zero-order valence-electron chi connectivity index (χ0n) is 13.9. The molecule has 142 valence electrons. The lowest BCUT2D eigenvalue weighted by Crippen LogP contribution is -2.56. The topological polar surface area (TPSA) is 69.6 Å². The predicted octanol–water partition coefficient (Wildman–Crippen LogP) is 2.42. The third-order valence-corrected chi connectivity index (χ3v) is 5.45. The first-order chi connectivity index (χ1) is 12.0. The van der Waals surface area contributed by atoms with Gasteiger partial charge in [0.1, 0.15) is 0 Å². The summed E-state index contributed by atoms with van der Waals surface area (Å²) < 4.78 is 41.1. The molecule has 5 nitrogen and oxygen atoms in total. The second kappa shape index (κ2) is 6.66. The summed E-state index contributed by atoms with van der Waals surface area (Å²) in [5, 5.41) is 12.3. The van der Waals surface area contributed by atoms with Gasteiger partial charge < -0.3 is 15.3 Å². The van der Waals surface area contributed by atoms with Crippen LogP contribution in [0.15, 0.2) is 18.2 Å². The van der Waals surface area contributed by atoms with Crippen LogP contribution in [0.5, 0.6) is 0 Å². The number of rotatable bonds is 3. The lowest BCUT2D eigenvalue weighted by molar-refractivity contribution is -0.155.